The molecule has 0 spiro atoms. The highest BCUT2D eigenvalue weighted by Gasteiger charge is 2.34. The van der Waals surface area contributed by atoms with Gasteiger partial charge in [0.05, 0.1) is 5.92 Å². The van der Waals surface area contributed by atoms with E-state index in [0.717, 1.165) is 32.1 Å². The molecule has 0 aromatic carbocycles. The maximum absolute atomic E-state index is 12.6. The molecule has 0 aliphatic heterocycles. The number of hydrogen-bond acceptors (Lipinski definition) is 3. The zero-order chi connectivity index (χ0) is 16.0. The Kier molecular flexibility index (Phi) is 6.65. The highest BCUT2D eigenvalue weighted by molar-refractivity contribution is 5.85. The fourth-order valence-corrected chi connectivity index (χ4v) is 2.86. The molecule has 0 saturated heterocycles. The normalized spacial score (nSPS) is 18.8. The Morgan fingerprint density at radius 1 is 1.10 bits per heavy atom. The van der Waals surface area contributed by atoms with Gasteiger partial charge in [-0.3, -0.25) is 9.59 Å². The number of carboxylic acid groups (broad SMARTS) is 2. The SMILES string of the molecule is CCC(C(=O)O)N(CC(C)C(=O)O)C(=O)C1CCCCC1. The average molecular weight is 299 g/mol. The lowest BCUT2D eigenvalue weighted by Crippen LogP contribution is -2.50. The van der Waals surface area contributed by atoms with Gasteiger partial charge in [0.25, 0.3) is 0 Å². The van der Waals surface area contributed by atoms with Crippen LogP contribution in [0.15, 0.2) is 0 Å². The number of hydrogen-bond donors (Lipinski definition) is 2. The van der Waals surface area contributed by atoms with E-state index >= 15 is 0 Å². The third kappa shape index (κ3) is 4.72. The van der Waals surface area contributed by atoms with Gasteiger partial charge in [0.2, 0.25) is 5.91 Å². The van der Waals surface area contributed by atoms with Crippen LogP contribution in [0.3, 0.4) is 0 Å². The van der Waals surface area contributed by atoms with Gasteiger partial charge >= 0.3 is 11.9 Å². The summed E-state index contributed by atoms with van der Waals surface area (Å²) in [5.41, 5.74) is 0. The second-order valence-corrected chi connectivity index (χ2v) is 5.83. The van der Waals surface area contributed by atoms with Gasteiger partial charge in [-0.15, -0.1) is 0 Å². The van der Waals surface area contributed by atoms with Crippen molar-refractivity contribution in [2.75, 3.05) is 6.54 Å². The Morgan fingerprint density at radius 3 is 2.10 bits per heavy atom. The van der Waals surface area contributed by atoms with E-state index in [1.165, 1.54) is 11.8 Å². The van der Waals surface area contributed by atoms with E-state index in [-0.39, 0.29) is 24.8 Å². The van der Waals surface area contributed by atoms with Crippen molar-refractivity contribution < 1.29 is 24.6 Å². The van der Waals surface area contributed by atoms with E-state index in [1.807, 2.05) is 0 Å². The number of carbonyl (C=O) groups is 3. The number of amides is 1. The van der Waals surface area contributed by atoms with Gasteiger partial charge in [-0.1, -0.05) is 33.1 Å². The van der Waals surface area contributed by atoms with Gasteiger partial charge < -0.3 is 15.1 Å². The molecule has 21 heavy (non-hydrogen) atoms. The summed E-state index contributed by atoms with van der Waals surface area (Å²) in [6, 6.07) is -0.943. The van der Waals surface area contributed by atoms with Crippen molar-refractivity contribution in [3.05, 3.63) is 0 Å². The van der Waals surface area contributed by atoms with Crippen molar-refractivity contribution in [1.29, 1.82) is 0 Å². The molecule has 0 radical (unpaired) electrons. The number of carboxylic acids is 2. The standard InChI is InChI=1S/C15H25NO5/c1-3-12(15(20)21)16(9-10(2)14(18)19)13(17)11-7-5-4-6-8-11/h10-12H,3-9H2,1-2H3,(H,18,19)(H,20,21). The van der Waals surface area contributed by atoms with Crippen LogP contribution in [0.25, 0.3) is 0 Å². The van der Waals surface area contributed by atoms with Crippen LogP contribution in [0.4, 0.5) is 0 Å². The summed E-state index contributed by atoms with van der Waals surface area (Å²) >= 11 is 0. The van der Waals surface area contributed by atoms with E-state index in [9.17, 15) is 19.5 Å². The van der Waals surface area contributed by atoms with Gasteiger partial charge in [-0.25, -0.2) is 4.79 Å². The summed E-state index contributed by atoms with van der Waals surface area (Å²) in [5.74, 6) is -3.22. The molecular weight excluding hydrogens is 274 g/mol. The molecule has 1 rings (SSSR count). The molecule has 1 aliphatic carbocycles. The smallest absolute Gasteiger partial charge is 0.326 e. The van der Waals surface area contributed by atoms with Gasteiger partial charge in [0.15, 0.2) is 0 Å². The molecular formula is C15H25NO5. The van der Waals surface area contributed by atoms with Crippen LogP contribution < -0.4 is 0 Å². The number of aliphatic carboxylic acids is 2. The van der Waals surface area contributed by atoms with Crippen molar-refractivity contribution in [3.63, 3.8) is 0 Å². The maximum atomic E-state index is 12.6. The Hall–Kier alpha value is -1.59. The fourth-order valence-electron chi connectivity index (χ4n) is 2.86. The first-order valence-electron chi connectivity index (χ1n) is 7.64. The molecule has 0 bridgehead atoms. The van der Waals surface area contributed by atoms with Crippen molar-refractivity contribution in [1.82, 2.24) is 4.90 Å². The molecule has 1 aliphatic rings. The van der Waals surface area contributed by atoms with Crippen molar-refractivity contribution in [2.24, 2.45) is 11.8 Å². The van der Waals surface area contributed by atoms with Crippen LogP contribution in [0.1, 0.15) is 52.4 Å². The first-order valence-corrected chi connectivity index (χ1v) is 7.64. The van der Waals surface area contributed by atoms with Crippen LogP contribution in [-0.2, 0) is 14.4 Å². The molecule has 0 heterocycles. The zero-order valence-corrected chi connectivity index (χ0v) is 12.7. The predicted octanol–water partition coefficient (Wildman–Crippen LogP) is 1.98. The van der Waals surface area contributed by atoms with E-state index in [0.29, 0.717) is 0 Å². The molecule has 120 valence electrons. The molecule has 6 heteroatoms. The third-order valence-electron chi connectivity index (χ3n) is 4.18. The molecule has 0 aromatic heterocycles. The first kappa shape index (κ1) is 17.5. The minimum atomic E-state index is -1.07. The van der Waals surface area contributed by atoms with Crippen molar-refractivity contribution >= 4 is 17.8 Å². The van der Waals surface area contributed by atoms with E-state index in [2.05, 4.69) is 0 Å². The molecule has 2 N–H and O–H groups in total. The summed E-state index contributed by atoms with van der Waals surface area (Å²) in [6.45, 7) is 3.15. The Labute approximate surface area is 125 Å². The monoisotopic (exact) mass is 299 g/mol. The van der Waals surface area contributed by atoms with Crippen LogP contribution in [0, 0.1) is 11.8 Å². The predicted molar refractivity (Wildman–Crippen MR) is 76.8 cm³/mol. The maximum Gasteiger partial charge on any atom is 0.326 e. The lowest BCUT2D eigenvalue weighted by atomic mass is 9.87. The lowest BCUT2D eigenvalue weighted by molar-refractivity contribution is -0.155. The summed E-state index contributed by atoms with van der Waals surface area (Å²) in [5, 5.41) is 18.3. The van der Waals surface area contributed by atoms with Gasteiger partial charge in [0.1, 0.15) is 6.04 Å². The average Bonchev–Trinajstić information content (AvgIpc) is 2.46. The molecule has 2 unspecified atom stereocenters. The highest BCUT2D eigenvalue weighted by atomic mass is 16.4. The number of rotatable bonds is 7. The molecule has 0 aromatic rings. The topological polar surface area (TPSA) is 94.9 Å². The second kappa shape index (κ2) is 8.00. The molecule has 2 atom stereocenters. The van der Waals surface area contributed by atoms with E-state index < -0.39 is 23.9 Å². The minimum absolute atomic E-state index is 0.0462. The summed E-state index contributed by atoms with van der Waals surface area (Å²) < 4.78 is 0. The summed E-state index contributed by atoms with van der Waals surface area (Å²) in [4.78, 5) is 36.3. The van der Waals surface area contributed by atoms with Crippen molar-refractivity contribution in [2.45, 2.75) is 58.4 Å². The Morgan fingerprint density at radius 2 is 1.67 bits per heavy atom. The molecule has 1 fully saturated rings. The summed E-state index contributed by atoms with van der Waals surface area (Å²) in [6.07, 6.45) is 4.87. The lowest BCUT2D eigenvalue weighted by Gasteiger charge is -2.34. The largest absolute Gasteiger partial charge is 0.481 e. The quantitative estimate of drug-likeness (QED) is 0.749. The first-order chi connectivity index (χ1) is 9.88. The van der Waals surface area contributed by atoms with Crippen LogP contribution in [0.2, 0.25) is 0 Å². The summed E-state index contributed by atoms with van der Waals surface area (Å²) in [7, 11) is 0. The Bertz CT molecular complexity index is 390. The molecule has 1 amide bonds. The van der Waals surface area contributed by atoms with Crippen molar-refractivity contribution in [3.8, 4) is 0 Å². The van der Waals surface area contributed by atoms with Crippen LogP contribution in [0.5, 0.6) is 0 Å². The van der Waals surface area contributed by atoms with Gasteiger partial charge in [0, 0.05) is 12.5 Å². The third-order valence-corrected chi connectivity index (χ3v) is 4.18. The number of carbonyl (C=O) groups excluding carboxylic acids is 1. The minimum Gasteiger partial charge on any atom is -0.481 e. The molecule has 1 saturated carbocycles. The zero-order valence-electron chi connectivity index (χ0n) is 12.7. The van der Waals surface area contributed by atoms with Crippen LogP contribution in [-0.4, -0.2) is 45.5 Å². The number of nitrogens with zero attached hydrogens (tertiary/aromatic N) is 1. The second-order valence-electron chi connectivity index (χ2n) is 5.83. The van der Waals surface area contributed by atoms with Crippen LogP contribution >= 0.6 is 0 Å². The fraction of sp³-hybridized carbons (Fsp3) is 0.800. The van der Waals surface area contributed by atoms with E-state index in [1.54, 1.807) is 6.92 Å². The Balaban J connectivity index is 2.90. The van der Waals surface area contributed by atoms with Gasteiger partial charge in [-0.05, 0) is 19.3 Å². The highest BCUT2D eigenvalue weighted by Crippen LogP contribution is 2.27. The van der Waals surface area contributed by atoms with E-state index in [4.69, 9.17) is 5.11 Å². The van der Waals surface area contributed by atoms with Gasteiger partial charge in [-0.2, -0.15) is 0 Å². The molecule has 6 nitrogen and oxygen atoms in total.